The first-order valence-electron chi connectivity index (χ1n) is 8.88. The minimum Gasteiger partial charge on any atom is -0.497 e. The maximum Gasteiger partial charge on any atom is 0.176 e. The van der Waals surface area contributed by atoms with Crippen LogP contribution in [0.3, 0.4) is 0 Å². The number of benzene rings is 2. The first-order chi connectivity index (χ1) is 12.7. The van der Waals surface area contributed by atoms with E-state index < -0.39 is 0 Å². The summed E-state index contributed by atoms with van der Waals surface area (Å²) in [5.74, 6) is 1.61. The fraction of sp³-hybridized carbons (Fsp3) is 0.350. The van der Waals surface area contributed by atoms with Crippen LogP contribution in [-0.4, -0.2) is 33.9 Å². The first-order valence-corrected chi connectivity index (χ1v) is 8.88. The summed E-state index contributed by atoms with van der Waals surface area (Å²) in [6.07, 6.45) is 1.83. The van der Waals surface area contributed by atoms with Gasteiger partial charge in [0, 0.05) is 6.54 Å². The van der Waals surface area contributed by atoms with Crippen molar-refractivity contribution in [2.75, 3.05) is 13.7 Å². The summed E-state index contributed by atoms with van der Waals surface area (Å²) in [7, 11) is 1.66. The standard InChI is InChI=1S/C20H25N5O/c1-4-20(2,21-15-14-16-8-6-5-7-9-16)19-22-23-24-25(19)17-10-12-18(26-3)13-11-17/h5-13,21H,4,14-15H2,1-3H3. The molecule has 1 unspecified atom stereocenters. The second-order valence-electron chi connectivity index (χ2n) is 6.46. The Hall–Kier alpha value is -2.73. The monoisotopic (exact) mass is 351 g/mol. The van der Waals surface area contributed by atoms with Crippen molar-refractivity contribution in [3.8, 4) is 11.4 Å². The molecule has 0 amide bonds. The van der Waals surface area contributed by atoms with Crippen molar-refractivity contribution in [2.24, 2.45) is 0 Å². The van der Waals surface area contributed by atoms with Gasteiger partial charge in [0.1, 0.15) is 5.75 Å². The zero-order chi connectivity index (χ0) is 18.4. The lowest BCUT2D eigenvalue weighted by Crippen LogP contribution is -2.42. The number of ether oxygens (including phenoxy) is 1. The molecule has 2 aromatic carbocycles. The summed E-state index contributed by atoms with van der Waals surface area (Å²) >= 11 is 0. The number of rotatable bonds is 8. The third kappa shape index (κ3) is 3.91. The fourth-order valence-electron chi connectivity index (χ4n) is 2.92. The van der Waals surface area contributed by atoms with Crippen LogP contribution in [0.4, 0.5) is 0 Å². The van der Waals surface area contributed by atoms with E-state index in [0.717, 1.165) is 36.6 Å². The van der Waals surface area contributed by atoms with Crippen LogP contribution in [0.1, 0.15) is 31.7 Å². The van der Waals surface area contributed by atoms with Gasteiger partial charge in [0.25, 0.3) is 0 Å². The number of hydrogen-bond donors (Lipinski definition) is 1. The zero-order valence-electron chi connectivity index (χ0n) is 15.5. The fourth-order valence-corrected chi connectivity index (χ4v) is 2.92. The highest BCUT2D eigenvalue weighted by atomic mass is 16.5. The van der Waals surface area contributed by atoms with E-state index >= 15 is 0 Å². The van der Waals surface area contributed by atoms with Crippen LogP contribution in [0, 0.1) is 0 Å². The Morgan fingerprint density at radius 3 is 2.46 bits per heavy atom. The number of nitrogens with zero attached hydrogens (tertiary/aromatic N) is 4. The third-order valence-corrected chi connectivity index (χ3v) is 4.76. The summed E-state index contributed by atoms with van der Waals surface area (Å²) in [5.41, 5.74) is 1.90. The van der Waals surface area contributed by atoms with E-state index in [9.17, 15) is 0 Å². The molecule has 0 fully saturated rings. The number of aromatic nitrogens is 4. The topological polar surface area (TPSA) is 64.9 Å². The van der Waals surface area contributed by atoms with Crippen molar-refractivity contribution in [3.05, 3.63) is 66.0 Å². The van der Waals surface area contributed by atoms with Gasteiger partial charge in [-0.3, -0.25) is 0 Å². The number of hydrogen-bond acceptors (Lipinski definition) is 5. The normalized spacial score (nSPS) is 13.3. The van der Waals surface area contributed by atoms with Gasteiger partial charge in [-0.15, -0.1) is 5.10 Å². The lowest BCUT2D eigenvalue weighted by atomic mass is 9.97. The Balaban J connectivity index is 1.77. The molecule has 26 heavy (non-hydrogen) atoms. The summed E-state index contributed by atoms with van der Waals surface area (Å²) in [6, 6.07) is 18.2. The van der Waals surface area contributed by atoms with Crippen LogP contribution >= 0.6 is 0 Å². The predicted octanol–water partition coefficient (Wildman–Crippen LogP) is 3.13. The highest BCUT2D eigenvalue weighted by Gasteiger charge is 2.30. The second-order valence-corrected chi connectivity index (χ2v) is 6.46. The van der Waals surface area contributed by atoms with Gasteiger partial charge in [0.15, 0.2) is 5.82 Å². The molecule has 0 saturated heterocycles. The Morgan fingerprint density at radius 1 is 1.08 bits per heavy atom. The lowest BCUT2D eigenvalue weighted by Gasteiger charge is -2.28. The zero-order valence-corrected chi connectivity index (χ0v) is 15.5. The van der Waals surface area contributed by atoms with Crippen molar-refractivity contribution in [1.82, 2.24) is 25.5 Å². The summed E-state index contributed by atoms with van der Waals surface area (Å²) in [5, 5.41) is 16.1. The van der Waals surface area contributed by atoms with E-state index in [1.165, 1.54) is 5.56 Å². The average Bonchev–Trinajstić information content (AvgIpc) is 3.19. The molecule has 1 aromatic heterocycles. The Kier molecular flexibility index (Phi) is 5.63. The average molecular weight is 351 g/mol. The molecule has 0 saturated carbocycles. The molecule has 3 rings (SSSR count). The minimum atomic E-state index is -0.321. The Bertz CT molecular complexity index is 816. The van der Waals surface area contributed by atoms with Crippen LogP contribution in [-0.2, 0) is 12.0 Å². The van der Waals surface area contributed by atoms with Crippen LogP contribution in [0.5, 0.6) is 5.75 Å². The highest BCUT2D eigenvalue weighted by molar-refractivity contribution is 5.37. The maximum atomic E-state index is 5.23. The molecule has 1 N–H and O–H groups in total. The maximum absolute atomic E-state index is 5.23. The van der Waals surface area contributed by atoms with Crippen molar-refractivity contribution in [1.29, 1.82) is 0 Å². The van der Waals surface area contributed by atoms with Crippen molar-refractivity contribution in [2.45, 2.75) is 32.2 Å². The molecule has 1 heterocycles. The van der Waals surface area contributed by atoms with E-state index in [0.29, 0.717) is 0 Å². The van der Waals surface area contributed by atoms with Gasteiger partial charge in [0.2, 0.25) is 0 Å². The van der Waals surface area contributed by atoms with Crippen LogP contribution in [0.25, 0.3) is 5.69 Å². The SMILES string of the molecule is CCC(C)(NCCc1ccccc1)c1nnnn1-c1ccc(OC)cc1. The smallest absolute Gasteiger partial charge is 0.176 e. The van der Waals surface area contributed by atoms with Crippen LogP contribution < -0.4 is 10.1 Å². The van der Waals surface area contributed by atoms with E-state index in [4.69, 9.17) is 4.74 Å². The molecule has 0 bridgehead atoms. The van der Waals surface area contributed by atoms with Gasteiger partial charge in [0.05, 0.1) is 18.3 Å². The van der Waals surface area contributed by atoms with Gasteiger partial charge >= 0.3 is 0 Å². The molecule has 0 radical (unpaired) electrons. The van der Waals surface area contributed by atoms with Crippen molar-refractivity contribution in [3.63, 3.8) is 0 Å². The summed E-state index contributed by atoms with van der Waals surface area (Å²) < 4.78 is 7.02. The molecule has 0 aliphatic heterocycles. The quantitative estimate of drug-likeness (QED) is 0.675. The molecular weight excluding hydrogens is 326 g/mol. The number of methoxy groups -OCH3 is 1. The Labute approximate surface area is 154 Å². The van der Waals surface area contributed by atoms with E-state index in [-0.39, 0.29) is 5.54 Å². The second kappa shape index (κ2) is 8.10. The van der Waals surface area contributed by atoms with Gasteiger partial charge < -0.3 is 10.1 Å². The predicted molar refractivity (Wildman–Crippen MR) is 101 cm³/mol. The summed E-state index contributed by atoms with van der Waals surface area (Å²) in [6.45, 7) is 5.14. The molecule has 0 spiro atoms. The largest absolute Gasteiger partial charge is 0.497 e. The lowest BCUT2D eigenvalue weighted by molar-refractivity contribution is 0.329. The van der Waals surface area contributed by atoms with Gasteiger partial charge in [-0.2, -0.15) is 4.68 Å². The van der Waals surface area contributed by atoms with Crippen molar-refractivity contribution < 1.29 is 4.74 Å². The molecule has 0 aliphatic carbocycles. The minimum absolute atomic E-state index is 0.321. The van der Waals surface area contributed by atoms with E-state index in [1.807, 2.05) is 30.3 Å². The van der Waals surface area contributed by atoms with Crippen LogP contribution in [0.15, 0.2) is 54.6 Å². The van der Waals surface area contributed by atoms with E-state index in [1.54, 1.807) is 11.8 Å². The van der Waals surface area contributed by atoms with Gasteiger partial charge in [-0.05, 0) is 60.0 Å². The number of nitrogens with one attached hydrogen (secondary N) is 1. The Morgan fingerprint density at radius 2 is 1.81 bits per heavy atom. The van der Waals surface area contributed by atoms with Crippen molar-refractivity contribution >= 4 is 0 Å². The first kappa shape index (κ1) is 18.1. The third-order valence-electron chi connectivity index (χ3n) is 4.76. The van der Waals surface area contributed by atoms with Crippen LogP contribution in [0.2, 0.25) is 0 Å². The molecule has 6 nitrogen and oxygen atoms in total. The highest BCUT2D eigenvalue weighted by Crippen LogP contribution is 2.25. The molecular formula is C20H25N5O. The number of tetrazole rings is 1. The summed E-state index contributed by atoms with van der Waals surface area (Å²) in [4.78, 5) is 0. The molecule has 136 valence electrons. The molecule has 1 atom stereocenters. The van der Waals surface area contributed by atoms with Gasteiger partial charge in [-0.1, -0.05) is 37.3 Å². The molecule has 0 aliphatic rings. The molecule has 6 heteroatoms. The molecule has 3 aromatic rings. The van der Waals surface area contributed by atoms with E-state index in [2.05, 4.69) is 59.0 Å². The van der Waals surface area contributed by atoms with Gasteiger partial charge in [-0.25, -0.2) is 0 Å².